The molecule has 2 aromatic rings. The van der Waals surface area contributed by atoms with Gasteiger partial charge in [0.15, 0.2) is 0 Å². The topological polar surface area (TPSA) is 37.4 Å². The van der Waals surface area contributed by atoms with Crippen LogP contribution >= 0.6 is 11.6 Å². The van der Waals surface area contributed by atoms with Crippen LogP contribution in [0.4, 0.5) is 0 Å². The zero-order chi connectivity index (χ0) is 16.6. The lowest BCUT2D eigenvalue weighted by molar-refractivity contribution is 0.478. The van der Waals surface area contributed by atoms with Crippen molar-refractivity contribution in [2.45, 2.75) is 24.7 Å². The minimum Gasteiger partial charge on any atom is -0.273 e. The van der Waals surface area contributed by atoms with Crippen molar-refractivity contribution >= 4 is 27.7 Å². The maximum atomic E-state index is 12.9. The highest BCUT2D eigenvalue weighted by atomic mass is 35.5. The smallest absolute Gasteiger partial charge is 0.263 e. The Morgan fingerprint density at radius 1 is 1.13 bits per heavy atom. The Hall–Kier alpha value is -1.78. The first-order valence-electron chi connectivity index (χ1n) is 7.44. The Morgan fingerprint density at radius 2 is 1.83 bits per heavy atom. The lowest BCUT2D eigenvalue weighted by Crippen LogP contribution is -2.28. The molecule has 0 saturated carbocycles. The van der Waals surface area contributed by atoms with Crippen LogP contribution in [-0.2, 0) is 10.0 Å². The first-order valence-corrected chi connectivity index (χ1v) is 9.26. The normalized spacial score (nSPS) is 17.7. The van der Waals surface area contributed by atoms with Crippen LogP contribution in [0.5, 0.6) is 0 Å². The van der Waals surface area contributed by atoms with Crippen LogP contribution in [0.2, 0.25) is 5.02 Å². The summed E-state index contributed by atoms with van der Waals surface area (Å²) in [5.41, 5.74) is 3.10. The van der Waals surface area contributed by atoms with Gasteiger partial charge in [0.2, 0.25) is 0 Å². The SMILES string of the molecule is Cc1ccc(S(=O)(=O)N2C=Cc3ccc(Cl)cc3C(C)C2)cc1. The summed E-state index contributed by atoms with van der Waals surface area (Å²) in [6.07, 6.45) is 3.48. The van der Waals surface area contributed by atoms with Crippen LogP contribution < -0.4 is 0 Å². The van der Waals surface area contributed by atoms with Crippen molar-refractivity contribution in [3.05, 3.63) is 70.4 Å². The van der Waals surface area contributed by atoms with Gasteiger partial charge in [-0.3, -0.25) is 4.31 Å². The van der Waals surface area contributed by atoms with Gasteiger partial charge in [-0.05, 0) is 48.4 Å². The van der Waals surface area contributed by atoms with Crippen LogP contribution in [0, 0.1) is 6.92 Å². The van der Waals surface area contributed by atoms with Crippen molar-refractivity contribution in [2.75, 3.05) is 6.54 Å². The van der Waals surface area contributed by atoms with Crippen LogP contribution in [0.1, 0.15) is 29.5 Å². The van der Waals surface area contributed by atoms with E-state index in [1.807, 2.05) is 50.3 Å². The molecule has 0 aliphatic carbocycles. The number of nitrogens with zero attached hydrogens (tertiary/aromatic N) is 1. The highest BCUT2D eigenvalue weighted by Crippen LogP contribution is 2.30. The number of aryl methyl sites for hydroxylation is 1. The van der Waals surface area contributed by atoms with Gasteiger partial charge in [0.05, 0.1) is 4.90 Å². The molecule has 3 rings (SSSR count). The lowest BCUT2D eigenvalue weighted by Gasteiger charge is -2.23. The number of halogens is 1. The number of fused-ring (bicyclic) bond motifs is 1. The molecule has 2 aromatic carbocycles. The van der Waals surface area contributed by atoms with E-state index >= 15 is 0 Å². The second kappa shape index (κ2) is 6.02. The second-order valence-electron chi connectivity index (χ2n) is 5.88. The zero-order valence-corrected chi connectivity index (χ0v) is 14.6. The Balaban J connectivity index is 1.98. The Labute approximate surface area is 142 Å². The summed E-state index contributed by atoms with van der Waals surface area (Å²) in [4.78, 5) is 0.309. The van der Waals surface area contributed by atoms with Gasteiger partial charge in [-0.15, -0.1) is 0 Å². The first kappa shape index (κ1) is 16.1. The van der Waals surface area contributed by atoms with Crippen LogP contribution in [-0.4, -0.2) is 19.3 Å². The van der Waals surface area contributed by atoms with Crippen molar-refractivity contribution in [3.8, 4) is 0 Å². The third-order valence-electron chi connectivity index (χ3n) is 4.08. The first-order chi connectivity index (χ1) is 10.9. The molecule has 0 radical (unpaired) electrons. The van der Waals surface area contributed by atoms with E-state index in [1.165, 1.54) is 4.31 Å². The fourth-order valence-electron chi connectivity index (χ4n) is 2.74. The summed E-state index contributed by atoms with van der Waals surface area (Å²) in [5, 5.41) is 0.666. The van der Waals surface area contributed by atoms with Gasteiger partial charge in [0.25, 0.3) is 10.0 Å². The highest BCUT2D eigenvalue weighted by Gasteiger charge is 2.26. The Bertz CT molecular complexity index is 857. The van der Waals surface area contributed by atoms with Gasteiger partial charge in [0.1, 0.15) is 0 Å². The molecule has 1 unspecified atom stereocenters. The molecule has 0 amide bonds. The third-order valence-corrected chi connectivity index (χ3v) is 6.07. The molecule has 0 spiro atoms. The molecule has 120 valence electrons. The maximum absolute atomic E-state index is 12.9. The number of rotatable bonds is 2. The van der Waals surface area contributed by atoms with Gasteiger partial charge in [0, 0.05) is 23.7 Å². The molecular formula is C18H18ClNO2S. The molecule has 0 N–H and O–H groups in total. The lowest BCUT2D eigenvalue weighted by atomic mass is 9.96. The van der Waals surface area contributed by atoms with E-state index in [9.17, 15) is 8.42 Å². The van der Waals surface area contributed by atoms with E-state index < -0.39 is 10.0 Å². The molecule has 1 aliphatic rings. The van der Waals surface area contributed by atoms with Gasteiger partial charge in [-0.1, -0.05) is 42.3 Å². The van der Waals surface area contributed by atoms with E-state index in [2.05, 4.69) is 0 Å². The van der Waals surface area contributed by atoms with E-state index in [-0.39, 0.29) is 5.92 Å². The van der Waals surface area contributed by atoms with E-state index in [4.69, 9.17) is 11.6 Å². The summed E-state index contributed by atoms with van der Waals surface area (Å²) >= 11 is 6.08. The monoisotopic (exact) mass is 347 g/mol. The number of benzene rings is 2. The largest absolute Gasteiger partial charge is 0.273 e. The van der Waals surface area contributed by atoms with Gasteiger partial charge >= 0.3 is 0 Å². The molecule has 23 heavy (non-hydrogen) atoms. The molecular weight excluding hydrogens is 330 g/mol. The molecule has 1 heterocycles. The number of sulfonamides is 1. The Morgan fingerprint density at radius 3 is 2.52 bits per heavy atom. The minimum atomic E-state index is -3.55. The molecule has 3 nitrogen and oxygen atoms in total. The summed E-state index contributed by atoms with van der Waals surface area (Å²) in [5.74, 6) is 0.0546. The van der Waals surface area contributed by atoms with Gasteiger partial charge in [-0.2, -0.15) is 0 Å². The standard InChI is InChI=1S/C18H18ClNO2S/c1-13-3-7-17(8-4-13)23(21,22)20-10-9-15-5-6-16(19)11-18(15)14(2)12-20/h3-11,14H,12H2,1-2H3. The van der Waals surface area contributed by atoms with Crippen molar-refractivity contribution in [2.24, 2.45) is 0 Å². The fourth-order valence-corrected chi connectivity index (χ4v) is 4.31. The van der Waals surface area contributed by atoms with Crippen molar-refractivity contribution in [1.82, 2.24) is 4.31 Å². The summed E-state index contributed by atoms with van der Waals surface area (Å²) in [6.45, 7) is 4.34. The molecule has 0 fully saturated rings. The predicted octanol–water partition coefficient (Wildman–Crippen LogP) is 4.43. The quantitative estimate of drug-likeness (QED) is 0.806. The van der Waals surface area contributed by atoms with Gasteiger partial charge in [-0.25, -0.2) is 8.42 Å². The molecule has 1 aliphatic heterocycles. The Kier molecular flexibility index (Phi) is 4.21. The molecule has 0 aromatic heterocycles. The maximum Gasteiger partial charge on any atom is 0.263 e. The minimum absolute atomic E-state index is 0.0546. The number of hydrogen-bond acceptors (Lipinski definition) is 2. The summed E-state index contributed by atoms with van der Waals surface area (Å²) < 4.78 is 27.1. The fraction of sp³-hybridized carbons (Fsp3) is 0.222. The van der Waals surface area contributed by atoms with E-state index in [1.54, 1.807) is 18.3 Å². The van der Waals surface area contributed by atoms with Crippen LogP contribution in [0.3, 0.4) is 0 Å². The molecule has 0 saturated heterocycles. The summed E-state index contributed by atoms with van der Waals surface area (Å²) in [7, 11) is -3.55. The van der Waals surface area contributed by atoms with E-state index in [0.717, 1.165) is 16.7 Å². The average Bonchev–Trinajstić information content (AvgIpc) is 2.68. The van der Waals surface area contributed by atoms with Crippen LogP contribution in [0.25, 0.3) is 6.08 Å². The zero-order valence-electron chi connectivity index (χ0n) is 13.0. The predicted molar refractivity (Wildman–Crippen MR) is 94.0 cm³/mol. The average molecular weight is 348 g/mol. The molecule has 5 heteroatoms. The van der Waals surface area contributed by atoms with E-state index in [0.29, 0.717) is 16.5 Å². The van der Waals surface area contributed by atoms with Gasteiger partial charge < -0.3 is 0 Å². The van der Waals surface area contributed by atoms with Crippen molar-refractivity contribution < 1.29 is 8.42 Å². The number of hydrogen-bond donors (Lipinski definition) is 0. The van der Waals surface area contributed by atoms with Crippen molar-refractivity contribution in [3.63, 3.8) is 0 Å². The third kappa shape index (κ3) is 3.14. The highest BCUT2D eigenvalue weighted by molar-refractivity contribution is 7.89. The van der Waals surface area contributed by atoms with Crippen molar-refractivity contribution in [1.29, 1.82) is 0 Å². The van der Waals surface area contributed by atoms with Crippen LogP contribution in [0.15, 0.2) is 53.6 Å². The second-order valence-corrected chi connectivity index (χ2v) is 8.20. The molecule has 1 atom stereocenters. The molecule has 0 bridgehead atoms. The summed E-state index contributed by atoms with van der Waals surface area (Å²) in [6, 6.07) is 12.6.